The van der Waals surface area contributed by atoms with Crippen molar-refractivity contribution in [3.63, 3.8) is 0 Å². The second-order valence-electron chi connectivity index (χ2n) is 6.81. The molecule has 0 saturated heterocycles. The zero-order valence-corrected chi connectivity index (χ0v) is 16.9. The van der Waals surface area contributed by atoms with Gasteiger partial charge in [-0.2, -0.15) is 4.98 Å². The summed E-state index contributed by atoms with van der Waals surface area (Å²) in [4.78, 5) is 20.9. The van der Waals surface area contributed by atoms with Gasteiger partial charge in [0.15, 0.2) is 23.0 Å². The van der Waals surface area contributed by atoms with Crippen molar-refractivity contribution in [2.75, 3.05) is 7.11 Å². The quantitative estimate of drug-likeness (QED) is 0.489. The minimum atomic E-state index is -0.582. The molecule has 0 saturated carbocycles. The maximum Gasteiger partial charge on any atom is 0.274 e. The molecule has 8 nitrogen and oxygen atoms in total. The molecule has 0 aliphatic heterocycles. The molecule has 31 heavy (non-hydrogen) atoms. The molecule has 2 aromatic carbocycles. The summed E-state index contributed by atoms with van der Waals surface area (Å²) < 4.78 is 10.4. The third-order valence-corrected chi connectivity index (χ3v) is 4.72. The number of amides is 1. The molecular weight excluding hydrogens is 396 g/mol. The monoisotopic (exact) mass is 416 g/mol. The number of nitrogens with zero attached hydrogens (tertiary/aromatic N) is 3. The van der Waals surface area contributed by atoms with Crippen LogP contribution in [0.2, 0.25) is 0 Å². The number of methoxy groups -OCH3 is 1. The number of hydrogen-bond donors (Lipinski definition) is 2. The van der Waals surface area contributed by atoms with Crippen LogP contribution in [-0.2, 0) is 0 Å². The molecule has 0 spiro atoms. The highest BCUT2D eigenvalue weighted by Crippen LogP contribution is 2.28. The number of pyridine rings is 1. The molecule has 0 fully saturated rings. The first-order valence-corrected chi connectivity index (χ1v) is 9.59. The average molecular weight is 416 g/mol. The van der Waals surface area contributed by atoms with Crippen LogP contribution in [0.5, 0.6) is 11.5 Å². The normalized spacial score (nSPS) is 11.7. The van der Waals surface area contributed by atoms with Gasteiger partial charge in [-0.15, -0.1) is 0 Å². The molecule has 2 aromatic heterocycles. The molecule has 156 valence electrons. The summed E-state index contributed by atoms with van der Waals surface area (Å²) in [5, 5.41) is 16.8. The zero-order valence-electron chi connectivity index (χ0n) is 16.9. The number of carbonyl (C=O) groups excluding carboxylic acids is 1. The largest absolute Gasteiger partial charge is 0.503 e. The number of hydrogen-bond acceptors (Lipinski definition) is 7. The lowest BCUT2D eigenvalue weighted by molar-refractivity contribution is 0.0929. The van der Waals surface area contributed by atoms with Gasteiger partial charge in [-0.3, -0.25) is 4.79 Å². The molecule has 0 aliphatic rings. The van der Waals surface area contributed by atoms with E-state index in [0.29, 0.717) is 11.7 Å². The highest BCUT2D eigenvalue weighted by atomic mass is 16.5. The van der Waals surface area contributed by atoms with Crippen molar-refractivity contribution in [1.82, 2.24) is 20.4 Å². The van der Waals surface area contributed by atoms with Gasteiger partial charge in [0.2, 0.25) is 0 Å². The van der Waals surface area contributed by atoms with Gasteiger partial charge in [-0.05, 0) is 30.2 Å². The average Bonchev–Trinajstić information content (AvgIpc) is 3.30. The van der Waals surface area contributed by atoms with E-state index >= 15 is 0 Å². The maximum absolute atomic E-state index is 12.5. The first-order chi connectivity index (χ1) is 15.1. The lowest BCUT2D eigenvalue weighted by atomic mass is 10.0. The Morgan fingerprint density at radius 1 is 1.06 bits per heavy atom. The highest BCUT2D eigenvalue weighted by Gasteiger charge is 2.22. The molecule has 2 heterocycles. The smallest absolute Gasteiger partial charge is 0.274 e. The number of ether oxygens (including phenoxy) is 1. The molecule has 0 bridgehead atoms. The highest BCUT2D eigenvalue weighted by molar-refractivity contribution is 5.95. The van der Waals surface area contributed by atoms with Crippen LogP contribution in [0.15, 0.2) is 71.4 Å². The molecular formula is C23H20N4O4. The van der Waals surface area contributed by atoms with Gasteiger partial charge in [0, 0.05) is 17.8 Å². The predicted octanol–water partition coefficient (Wildman–Crippen LogP) is 4.00. The SMILES string of the molecule is COc1ccnc(C(=O)N[C@@H](C)c2noc(-c3cccc(-c4ccccc4)c3)n2)c1O. The van der Waals surface area contributed by atoms with Crippen LogP contribution in [0, 0.1) is 0 Å². The number of benzene rings is 2. The lowest BCUT2D eigenvalue weighted by Gasteiger charge is -2.11. The molecule has 0 aliphatic carbocycles. The van der Waals surface area contributed by atoms with E-state index in [1.807, 2.05) is 54.6 Å². The number of carbonyl (C=O) groups is 1. The van der Waals surface area contributed by atoms with E-state index in [-0.39, 0.29) is 17.2 Å². The van der Waals surface area contributed by atoms with E-state index in [0.717, 1.165) is 16.7 Å². The van der Waals surface area contributed by atoms with Crippen LogP contribution in [0.4, 0.5) is 0 Å². The van der Waals surface area contributed by atoms with Gasteiger partial charge in [0.05, 0.1) is 13.2 Å². The van der Waals surface area contributed by atoms with Gasteiger partial charge in [-0.25, -0.2) is 4.98 Å². The number of nitrogens with one attached hydrogen (secondary N) is 1. The van der Waals surface area contributed by atoms with E-state index in [1.54, 1.807) is 6.92 Å². The minimum absolute atomic E-state index is 0.148. The Morgan fingerprint density at radius 3 is 2.58 bits per heavy atom. The van der Waals surface area contributed by atoms with Crippen molar-refractivity contribution in [3.8, 4) is 34.1 Å². The number of aromatic hydroxyl groups is 1. The first-order valence-electron chi connectivity index (χ1n) is 9.59. The van der Waals surface area contributed by atoms with Gasteiger partial charge in [-0.1, -0.05) is 47.6 Å². The standard InChI is InChI=1S/C23H20N4O4/c1-14(25-22(29)19-20(28)18(30-2)11-12-24-19)21-26-23(31-27-21)17-10-6-9-16(13-17)15-7-4-3-5-8-15/h3-14,28H,1-2H3,(H,25,29)/t14-/m0/s1. The fourth-order valence-electron chi connectivity index (χ4n) is 3.09. The van der Waals surface area contributed by atoms with E-state index in [1.165, 1.54) is 19.4 Å². The number of rotatable bonds is 6. The summed E-state index contributed by atoms with van der Waals surface area (Å²) in [6.07, 6.45) is 1.38. The fraction of sp³-hybridized carbons (Fsp3) is 0.130. The fourth-order valence-corrected chi connectivity index (χ4v) is 3.09. The number of aromatic nitrogens is 3. The topological polar surface area (TPSA) is 110 Å². The van der Waals surface area contributed by atoms with E-state index < -0.39 is 11.9 Å². The van der Waals surface area contributed by atoms with Gasteiger partial charge in [0.1, 0.15) is 0 Å². The van der Waals surface area contributed by atoms with E-state index in [4.69, 9.17) is 9.26 Å². The molecule has 1 amide bonds. The van der Waals surface area contributed by atoms with Crippen molar-refractivity contribution >= 4 is 5.91 Å². The van der Waals surface area contributed by atoms with Crippen molar-refractivity contribution in [2.45, 2.75) is 13.0 Å². The lowest BCUT2D eigenvalue weighted by Crippen LogP contribution is -2.28. The zero-order chi connectivity index (χ0) is 21.8. The predicted molar refractivity (Wildman–Crippen MR) is 114 cm³/mol. The third-order valence-electron chi connectivity index (χ3n) is 4.72. The van der Waals surface area contributed by atoms with Gasteiger partial charge in [0.25, 0.3) is 11.8 Å². The van der Waals surface area contributed by atoms with Crippen molar-refractivity contribution in [2.24, 2.45) is 0 Å². The van der Waals surface area contributed by atoms with Crippen LogP contribution >= 0.6 is 0 Å². The Kier molecular flexibility index (Phi) is 5.61. The summed E-state index contributed by atoms with van der Waals surface area (Å²) in [7, 11) is 1.40. The maximum atomic E-state index is 12.5. The Hall–Kier alpha value is -4.20. The van der Waals surface area contributed by atoms with Crippen LogP contribution in [0.3, 0.4) is 0 Å². The first kappa shape index (κ1) is 20.1. The summed E-state index contributed by atoms with van der Waals surface area (Å²) in [6, 6.07) is 18.6. The van der Waals surface area contributed by atoms with Crippen LogP contribution in [-0.4, -0.2) is 33.2 Å². The second-order valence-corrected chi connectivity index (χ2v) is 6.81. The molecule has 0 unspecified atom stereocenters. The van der Waals surface area contributed by atoms with Crippen LogP contribution in [0.25, 0.3) is 22.6 Å². The molecule has 4 aromatic rings. The molecule has 8 heteroatoms. The van der Waals surface area contributed by atoms with Gasteiger partial charge >= 0.3 is 0 Å². The van der Waals surface area contributed by atoms with Crippen molar-refractivity contribution < 1.29 is 19.2 Å². The Labute approximate surface area is 178 Å². The van der Waals surface area contributed by atoms with E-state index in [2.05, 4.69) is 20.4 Å². The molecule has 1 atom stereocenters. The Morgan fingerprint density at radius 2 is 1.81 bits per heavy atom. The Balaban J connectivity index is 1.52. The van der Waals surface area contributed by atoms with Crippen molar-refractivity contribution in [1.29, 1.82) is 0 Å². The molecule has 0 radical (unpaired) electrons. The summed E-state index contributed by atoms with van der Waals surface area (Å²) in [5.41, 5.74) is 2.73. The summed E-state index contributed by atoms with van der Waals surface area (Å²) in [5.74, 6) is -0.109. The van der Waals surface area contributed by atoms with Crippen molar-refractivity contribution in [3.05, 3.63) is 78.4 Å². The van der Waals surface area contributed by atoms with Crippen LogP contribution in [0.1, 0.15) is 29.3 Å². The summed E-state index contributed by atoms with van der Waals surface area (Å²) in [6.45, 7) is 1.71. The van der Waals surface area contributed by atoms with E-state index in [9.17, 15) is 9.90 Å². The molecule has 4 rings (SSSR count). The van der Waals surface area contributed by atoms with Crippen LogP contribution < -0.4 is 10.1 Å². The van der Waals surface area contributed by atoms with Gasteiger partial charge < -0.3 is 19.7 Å². The molecule has 2 N–H and O–H groups in total. The minimum Gasteiger partial charge on any atom is -0.503 e. The Bertz CT molecular complexity index is 1210. The third kappa shape index (κ3) is 4.23. The summed E-state index contributed by atoms with van der Waals surface area (Å²) >= 11 is 0. The second kappa shape index (κ2) is 8.66.